The number of ether oxygens (including phenoxy) is 1. The van der Waals surface area contributed by atoms with Crippen LogP contribution in [0, 0.1) is 6.92 Å². The average molecular weight is 510 g/mol. The van der Waals surface area contributed by atoms with Gasteiger partial charge in [-0.15, -0.1) is 0 Å². The molecule has 0 atom stereocenters. The van der Waals surface area contributed by atoms with E-state index in [0.717, 1.165) is 23.3 Å². The van der Waals surface area contributed by atoms with Crippen LogP contribution >= 0.6 is 0 Å². The van der Waals surface area contributed by atoms with E-state index >= 15 is 0 Å². The summed E-state index contributed by atoms with van der Waals surface area (Å²) in [5, 5.41) is 2.67. The molecule has 0 radical (unpaired) electrons. The first kappa shape index (κ1) is 26.0. The maximum atomic E-state index is 13.4. The first-order valence-corrected chi connectivity index (χ1v) is 11.6. The molecule has 0 bridgehead atoms. The highest BCUT2D eigenvalue weighted by atomic mass is 19.4. The molecule has 0 saturated heterocycles. The van der Waals surface area contributed by atoms with Gasteiger partial charge in [0.2, 0.25) is 11.2 Å². The fraction of sp³-hybridized carbons (Fsp3) is 0.241. The molecular weight excluding hydrogens is 483 g/mol. The average Bonchev–Trinajstić information content (AvgIpc) is 2.83. The smallest absolute Gasteiger partial charge is 0.416 e. The van der Waals surface area contributed by atoms with Crippen LogP contribution < -0.4 is 15.5 Å². The van der Waals surface area contributed by atoms with Gasteiger partial charge in [-0.3, -0.25) is 9.59 Å². The molecule has 8 heteroatoms. The number of amides is 1. The number of aryl methyl sites for hydroxylation is 1. The summed E-state index contributed by atoms with van der Waals surface area (Å²) >= 11 is 0. The highest BCUT2D eigenvalue weighted by Crippen LogP contribution is 2.33. The SMILES string of the molecule is Cc1ccc2oc(-c3ccc(C(C)(C)C)cc3)c(OCC(=O)Nc3cccc(C(F)(F)F)c3)c(=O)c2c1. The Morgan fingerprint density at radius 3 is 2.30 bits per heavy atom. The molecule has 0 aliphatic carbocycles. The van der Waals surface area contributed by atoms with E-state index in [4.69, 9.17) is 9.15 Å². The molecule has 1 N–H and O–H groups in total. The zero-order valence-corrected chi connectivity index (χ0v) is 20.8. The number of carbonyl (C=O) groups excluding carboxylic acids is 1. The Morgan fingerprint density at radius 1 is 0.946 bits per heavy atom. The van der Waals surface area contributed by atoms with Crippen LogP contribution in [0.15, 0.2) is 75.9 Å². The van der Waals surface area contributed by atoms with Gasteiger partial charge in [0.05, 0.1) is 10.9 Å². The second kappa shape index (κ2) is 9.76. The Balaban J connectivity index is 1.67. The topological polar surface area (TPSA) is 68.5 Å². The van der Waals surface area contributed by atoms with Crippen LogP contribution in [-0.2, 0) is 16.4 Å². The van der Waals surface area contributed by atoms with Crippen molar-refractivity contribution in [3.05, 3.63) is 93.6 Å². The van der Waals surface area contributed by atoms with Crippen molar-refractivity contribution in [2.24, 2.45) is 0 Å². The first-order chi connectivity index (χ1) is 17.3. The van der Waals surface area contributed by atoms with Gasteiger partial charge in [0, 0.05) is 11.3 Å². The Kier molecular flexibility index (Phi) is 6.86. The molecule has 0 saturated carbocycles. The van der Waals surface area contributed by atoms with E-state index in [1.165, 1.54) is 12.1 Å². The summed E-state index contributed by atoms with van der Waals surface area (Å²) in [6.07, 6.45) is -4.54. The van der Waals surface area contributed by atoms with Crippen LogP contribution in [0.4, 0.5) is 18.9 Å². The van der Waals surface area contributed by atoms with Crippen LogP contribution in [-0.4, -0.2) is 12.5 Å². The van der Waals surface area contributed by atoms with E-state index < -0.39 is 29.7 Å². The maximum absolute atomic E-state index is 13.4. The maximum Gasteiger partial charge on any atom is 0.416 e. The fourth-order valence-corrected chi connectivity index (χ4v) is 3.84. The first-order valence-electron chi connectivity index (χ1n) is 11.6. The molecule has 0 fully saturated rings. The van der Waals surface area contributed by atoms with Crippen molar-refractivity contribution in [3.63, 3.8) is 0 Å². The van der Waals surface area contributed by atoms with Crippen LogP contribution in [0.25, 0.3) is 22.3 Å². The molecule has 0 aliphatic heterocycles. The number of halogens is 3. The van der Waals surface area contributed by atoms with Gasteiger partial charge in [0.25, 0.3) is 5.91 Å². The van der Waals surface area contributed by atoms with E-state index in [-0.39, 0.29) is 22.6 Å². The molecule has 0 spiro atoms. The molecule has 3 aromatic carbocycles. The number of hydrogen-bond acceptors (Lipinski definition) is 4. The zero-order chi connectivity index (χ0) is 27.0. The van der Waals surface area contributed by atoms with Gasteiger partial charge in [0.1, 0.15) is 5.58 Å². The lowest BCUT2D eigenvalue weighted by Gasteiger charge is -2.19. The lowest BCUT2D eigenvalue weighted by Crippen LogP contribution is -2.23. The molecule has 0 aliphatic rings. The predicted octanol–water partition coefficient (Wildman–Crippen LogP) is 7.10. The summed E-state index contributed by atoms with van der Waals surface area (Å²) in [6.45, 7) is 7.47. The van der Waals surface area contributed by atoms with Crippen molar-refractivity contribution in [2.45, 2.75) is 39.3 Å². The summed E-state index contributed by atoms with van der Waals surface area (Å²) in [7, 11) is 0. The summed E-state index contributed by atoms with van der Waals surface area (Å²) < 4.78 is 50.7. The van der Waals surface area contributed by atoms with Gasteiger partial charge in [-0.1, -0.05) is 62.7 Å². The number of hydrogen-bond donors (Lipinski definition) is 1. The molecular formula is C29H26F3NO4. The lowest BCUT2D eigenvalue weighted by atomic mass is 9.86. The van der Waals surface area contributed by atoms with Crippen LogP contribution in [0.3, 0.4) is 0 Å². The number of benzene rings is 3. The summed E-state index contributed by atoms with van der Waals surface area (Å²) in [5.74, 6) is -0.716. The number of rotatable bonds is 5. The van der Waals surface area contributed by atoms with Crippen LogP contribution in [0.1, 0.15) is 37.5 Å². The number of anilines is 1. The van der Waals surface area contributed by atoms with Crippen molar-refractivity contribution in [1.82, 2.24) is 0 Å². The van der Waals surface area contributed by atoms with E-state index in [2.05, 4.69) is 26.1 Å². The van der Waals surface area contributed by atoms with Gasteiger partial charge in [-0.2, -0.15) is 13.2 Å². The van der Waals surface area contributed by atoms with Crippen LogP contribution in [0.2, 0.25) is 0 Å². The third-order valence-corrected chi connectivity index (χ3v) is 5.84. The molecule has 5 nitrogen and oxygen atoms in total. The monoisotopic (exact) mass is 509 g/mol. The minimum atomic E-state index is -4.54. The summed E-state index contributed by atoms with van der Waals surface area (Å²) in [5.41, 5.74) is 1.41. The van der Waals surface area contributed by atoms with Crippen molar-refractivity contribution in [2.75, 3.05) is 11.9 Å². The van der Waals surface area contributed by atoms with Crippen molar-refractivity contribution < 1.29 is 27.1 Å². The summed E-state index contributed by atoms with van der Waals surface area (Å²) in [6, 6.07) is 16.9. The zero-order valence-electron chi connectivity index (χ0n) is 20.8. The van der Waals surface area contributed by atoms with Crippen molar-refractivity contribution >= 4 is 22.6 Å². The molecule has 1 amide bonds. The fourth-order valence-electron chi connectivity index (χ4n) is 3.84. The minimum Gasteiger partial charge on any atom is -0.476 e. The molecule has 4 aromatic rings. The van der Waals surface area contributed by atoms with Gasteiger partial charge < -0.3 is 14.5 Å². The second-order valence-electron chi connectivity index (χ2n) is 9.83. The van der Waals surface area contributed by atoms with Gasteiger partial charge in [-0.05, 0) is 48.2 Å². The number of fused-ring (bicyclic) bond motifs is 1. The second-order valence-corrected chi connectivity index (χ2v) is 9.83. The molecule has 0 unspecified atom stereocenters. The van der Waals surface area contributed by atoms with E-state index in [1.807, 2.05) is 37.3 Å². The standard InChI is InChI=1S/C29H26F3NO4/c1-17-8-13-23-22(14-17)25(35)27(26(37-23)18-9-11-19(12-10-18)28(2,3)4)36-16-24(34)33-21-7-5-6-20(15-21)29(30,31)32/h5-15H,16H2,1-4H3,(H,33,34). The van der Waals surface area contributed by atoms with Gasteiger partial charge in [0.15, 0.2) is 12.4 Å². The van der Waals surface area contributed by atoms with Gasteiger partial charge >= 0.3 is 6.18 Å². The largest absolute Gasteiger partial charge is 0.476 e. The lowest BCUT2D eigenvalue weighted by molar-refractivity contribution is -0.137. The predicted molar refractivity (Wildman–Crippen MR) is 137 cm³/mol. The molecule has 1 heterocycles. The Morgan fingerprint density at radius 2 is 1.65 bits per heavy atom. The van der Waals surface area contributed by atoms with Crippen molar-refractivity contribution in [1.29, 1.82) is 0 Å². The quantitative estimate of drug-likeness (QED) is 0.312. The summed E-state index contributed by atoms with van der Waals surface area (Å²) in [4.78, 5) is 25.9. The number of alkyl halides is 3. The normalized spacial score (nSPS) is 12.0. The van der Waals surface area contributed by atoms with E-state index in [9.17, 15) is 22.8 Å². The third-order valence-electron chi connectivity index (χ3n) is 5.84. The Labute approximate surface area is 211 Å². The Bertz CT molecular complexity index is 1510. The van der Waals surface area contributed by atoms with Gasteiger partial charge in [-0.25, -0.2) is 0 Å². The minimum absolute atomic E-state index is 0.0393. The third kappa shape index (κ3) is 5.85. The highest BCUT2D eigenvalue weighted by Gasteiger charge is 2.30. The Hall–Kier alpha value is -4.07. The highest BCUT2D eigenvalue weighted by molar-refractivity contribution is 5.92. The molecule has 4 rings (SSSR count). The molecule has 1 aromatic heterocycles. The molecule has 37 heavy (non-hydrogen) atoms. The molecule has 192 valence electrons. The van der Waals surface area contributed by atoms with E-state index in [0.29, 0.717) is 16.5 Å². The number of nitrogens with one attached hydrogen (secondary N) is 1. The van der Waals surface area contributed by atoms with E-state index in [1.54, 1.807) is 12.1 Å². The number of carbonyl (C=O) groups is 1. The van der Waals surface area contributed by atoms with Crippen molar-refractivity contribution in [3.8, 4) is 17.1 Å². The van der Waals surface area contributed by atoms with Crippen LogP contribution in [0.5, 0.6) is 5.75 Å².